The first-order valence-corrected chi connectivity index (χ1v) is 13.5. The summed E-state index contributed by atoms with van der Waals surface area (Å²) in [6.45, 7) is 0.662. The maximum absolute atomic E-state index is 12.9. The van der Waals surface area contributed by atoms with E-state index in [1.807, 2.05) is 0 Å². The number of aliphatic hydroxyl groups is 6. The standard InChI is InChI=1S/C28H36O15/c1-11-21(34)23(36)25(38)27(40-11)43-26-24(37)22(35)19(10-29)42-28(26)41-13-8-16(32)20(17(33)9-13)14(30)5-3-12-4-6-18(39-2)15(31)7-12/h4,6-9,11,19,21-29,31-38H,3,5,10H2,1-2H3/t11?,19?,21-,22+,23-,24+,25?,26?,27-,28+/m0/s1. The molecule has 0 bridgehead atoms. The van der Waals surface area contributed by atoms with E-state index in [9.17, 15) is 50.8 Å². The van der Waals surface area contributed by atoms with Gasteiger partial charge in [-0.1, -0.05) is 6.07 Å². The Labute approximate surface area is 245 Å². The SMILES string of the molecule is COc1ccc(CCC(=O)c2c(O)cc(O[C@@H]3OC(CO)[C@@H](O)[C@@H](O)C3O[C@@H]3OC(C)[C@H](O)[C@H](O)C3O)cc2O)cc1O. The summed E-state index contributed by atoms with van der Waals surface area (Å²) in [7, 11) is 1.40. The van der Waals surface area contributed by atoms with Crippen LogP contribution in [0.15, 0.2) is 30.3 Å². The number of hydrogen-bond acceptors (Lipinski definition) is 15. The lowest BCUT2D eigenvalue weighted by Crippen LogP contribution is -2.64. The Morgan fingerprint density at radius 3 is 2.12 bits per heavy atom. The number of carbonyl (C=O) groups excluding carboxylic acids is 1. The number of phenols is 3. The van der Waals surface area contributed by atoms with Gasteiger partial charge in [0.15, 0.2) is 29.7 Å². The first-order chi connectivity index (χ1) is 20.4. The highest BCUT2D eigenvalue weighted by molar-refractivity contribution is 6.01. The predicted octanol–water partition coefficient (Wildman–Crippen LogP) is -1.34. The monoisotopic (exact) mass is 612 g/mol. The molecule has 0 saturated carbocycles. The van der Waals surface area contributed by atoms with E-state index in [0.717, 1.165) is 12.1 Å². The normalized spacial score (nSPS) is 32.7. The fraction of sp³-hybridized carbons (Fsp3) is 0.536. The predicted molar refractivity (Wildman–Crippen MR) is 143 cm³/mol. The van der Waals surface area contributed by atoms with Crippen molar-refractivity contribution >= 4 is 5.78 Å². The average Bonchev–Trinajstić information content (AvgIpc) is 2.96. The molecule has 0 amide bonds. The second-order valence-corrected chi connectivity index (χ2v) is 10.4. The van der Waals surface area contributed by atoms with Gasteiger partial charge in [-0.05, 0) is 31.0 Å². The van der Waals surface area contributed by atoms with Gasteiger partial charge < -0.3 is 69.6 Å². The van der Waals surface area contributed by atoms with Gasteiger partial charge in [0.25, 0.3) is 0 Å². The minimum absolute atomic E-state index is 0.110. The minimum atomic E-state index is -1.79. The second-order valence-electron chi connectivity index (χ2n) is 10.4. The van der Waals surface area contributed by atoms with Gasteiger partial charge in [0.2, 0.25) is 6.29 Å². The lowest BCUT2D eigenvalue weighted by molar-refractivity contribution is -0.354. The van der Waals surface area contributed by atoms with Gasteiger partial charge in [-0.2, -0.15) is 0 Å². The molecule has 0 spiro atoms. The number of carbonyl (C=O) groups is 1. The summed E-state index contributed by atoms with van der Waals surface area (Å²) in [5, 5.41) is 92.3. The zero-order chi connectivity index (χ0) is 31.6. The number of aryl methyl sites for hydroxylation is 1. The zero-order valence-electron chi connectivity index (χ0n) is 23.3. The molecule has 9 N–H and O–H groups in total. The Bertz CT molecular complexity index is 1250. The topological polar surface area (TPSA) is 245 Å². The Kier molecular flexibility index (Phi) is 10.3. The third-order valence-electron chi connectivity index (χ3n) is 7.41. The van der Waals surface area contributed by atoms with Crippen molar-refractivity contribution in [3.8, 4) is 28.7 Å². The van der Waals surface area contributed by atoms with E-state index in [1.54, 1.807) is 6.07 Å². The van der Waals surface area contributed by atoms with Crippen LogP contribution in [0.25, 0.3) is 0 Å². The minimum Gasteiger partial charge on any atom is -0.507 e. The van der Waals surface area contributed by atoms with Crippen LogP contribution in [0.5, 0.6) is 28.7 Å². The molecule has 2 aromatic rings. The largest absolute Gasteiger partial charge is 0.507 e. The Morgan fingerprint density at radius 2 is 1.51 bits per heavy atom. The van der Waals surface area contributed by atoms with Crippen LogP contribution < -0.4 is 9.47 Å². The first kappa shape index (κ1) is 32.7. The fourth-order valence-electron chi connectivity index (χ4n) is 4.93. The Hall–Kier alpha value is -3.25. The molecule has 4 unspecified atom stereocenters. The van der Waals surface area contributed by atoms with Crippen molar-refractivity contribution in [3.63, 3.8) is 0 Å². The quantitative estimate of drug-likeness (QED) is 0.141. The summed E-state index contributed by atoms with van der Waals surface area (Å²) in [6.07, 6.45) is -15.5. The molecule has 4 rings (SSSR count). The van der Waals surface area contributed by atoms with Crippen molar-refractivity contribution in [1.29, 1.82) is 0 Å². The van der Waals surface area contributed by atoms with Crippen molar-refractivity contribution in [2.45, 2.75) is 81.2 Å². The molecule has 2 saturated heterocycles. The van der Waals surface area contributed by atoms with Gasteiger partial charge in [0.1, 0.15) is 59.4 Å². The molecular formula is C28H36O15. The van der Waals surface area contributed by atoms with Crippen molar-refractivity contribution in [2.75, 3.05) is 13.7 Å². The molecule has 0 radical (unpaired) electrons. The maximum Gasteiger partial charge on any atom is 0.229 e. The Balaban J connectivity index is 1.51. The van der Waals surface area contributed by atoms with Crippen molar-refractivity contribution in [2.24, 2.45) is 0 Å². The molecule has 10 atom stereocenters. The molecular weight excluding hydrogens is 576 g/mol. The highest BCUT2D eigenvalue weighted by Crippen LogP contribution is 2.37. The van der Waals surface area contributed by atoms with Crippen LogP contribution in [0.3, 0.4) is 0 Å². The van der Waals surface area contributed by atoms with Crippen molar-refractivity contribution in [1.82, 2.24) is 0 Å². The molecule has 0 aliphatic carbocycles. The smallest absolute Gasteiger partial charge is 0.229 e. The second kappa shape index (κ2) is 13.6. The molecule has 238 valence electrons. The highest BCUT2D eigenvalue weighted by Gasteiger charge is 2.51. The van der Waals surface area contributed by atoms with E-state index in [0.29, 0.717) is 5.56 Å². The first-order valence-electron chi connectivity index (χ1n) is 13.5. The summed E-state index contributed by atoms with van der Waals surface area (Å²) < 4.78 is 27.2. The molecule has 2 heterocycles. The maximum atomic E-state index is 12.9. The number of rotatable bonds is 10. The van der Waals surface area contributed by atoms with Gasteiger partial charge >= 0.3 is 0 Å². The van der Waals surface area contributed by atoms with Crippen LogP contribution in [0.4, 0.5) is 0 Å². The van der Waals surface area contributed by atoms with Gasteiger partial charge in [-0.15, -0.1) is 0 Å². The summed E-state index contributed by atoms with van der Waals surface area (Å²) in [6, 6.07) is 6.59. The summed E-state index contributed by atoms with van der Waals surface area (Å²) in [5.41, 5.74) is 0.208. The van der Waals surface area contributed by atoms with E-state index < -0.39 is 90.9 Å². The van der Waals surface area contributed by atoms with E-state index in [1.165, 1.54) is 26.2 Å². The molecule has 2 aliphatic rings. The number of hydrogen-bond donors (Lipinski definition) is 9. The van der Waals surface area contributed by atoms with Crippen LogP contribution in [0.2, 0.25) is 0 Å². The van der Waals surface area contributed by atoms with Crippen LogP contribution >= 0.6 is 0 Å². The molecule has 15 heteroatoms. The van der Waals surface area contributed by atoms with Crippen LogP contribution in [0.1, 0.15) is 29.3 Å². The van der Waals surface area contributed by atoms with Crippen molar-refractivity contribution in [3.05, 3.63) is 41.5 Å². The van der Waals surface area contributed by atoms with E-state index in [-0.39, 0.29) is 30.1 Å². The third-order valence-corrected chi connectivity index (χ3v) is 7.41. The zero-order valence-corrected chi connectivity index (χ0v) is 23.3. The average molecular weight is 613 g/mol. The molecule has 2 aromatic carbocycles. The van der Waals surface area contributed by atoms with Crippen LogP contribution in [-0.4, -0.2) is 127 Å². The number of methoxy groups -OCH3 is 1. The van der Waals surface area contributed by atoms with E-state index in [2.05, 4.69) is 0 Å². The lowest BCUT2D eigenvalue weighted by Gasteiger charge is -2.45. The number of Topliss-reactive ketones (excluding diaryl/α,β-unsaturated/α-hetero) is 1. The van der Waals surface area contributed by atoms with E-state index in [4.69, 9.17) is 23.7 Å². The number of phenolic OH excluding ortho intramolecular Hbond substituents is 3. The van der Waals surface area contributed by atoms with Crippen LogP contribution in [0, 0.1) is 0 Å². The fourth-order valence-corrected chi connectivity index (χ4v) is 4.93. The highest BCUT2D eigenvalue weighted by atomic mass is 16.8. The molecule has 15 nitrogen and oxygen atoms in total. The number of aromatic hydroxyl groups is 3. The Morgan fingerprint density at radius 1 is 0.837 bits per heavy atom. The van der Waals surface area contributed by atoms with E-state index >= 15 is 0 Å². The van der Waals surface area contributed by atoms with Crippen LogP contribution in [-0.2, 0) is 20.6 Å². The van der Waals surface area contributed by atoms with Gasteiger partial charge in [0.05, 0.1) is 19.8 Å². The summed E-state index contributed by atoms with van der Waals surface area (Å²) in [5.74, 6) is -2.04. The summed E-state index contributed by atoms with van der Waals surface area (Å²) in [4.78, 5) is 12.9. The third kappa shape index (κ3) is 6.95. The van der Waals surface area contributed by atoms with Gasteiger partial charge in [0, 0.05) is 18.6 Å². The lowest BCUT2D eigenvalue weighted by atomic mass is 9.97. The molecule has 2 aliphatic heterocycles. The number of ketones is 1. The molecule has 43 heavy (non-hydrogen) atoms. The summed E-state index contributed by atoms with van der Waals surface area (Å²) >= 11 is 0. The number of benzene rings is 2. The molecule has 2 fully saturated rings. The number of aliphatic hydroxyl groups excluding tert-OH is 6. The molecule has 0 aromatic heterocycles. The van der Waals surface area contributed by atoms with Crippen molar-refractivity contribution < 1.29 is 74.4 Å². The number of ether oxygens (including phenoxy) is 5. The van der Waals surface area contributed by atoms with Gasteiger partial charge in [-0.3, -0.25) is 4.79 Å². The van der Waals surface area contributed by atoms with Gasteiger partial charge in [-0.25, -0.2) is 0 Å².